The summed E-state index contributed by atoms with van der Waals surface area (Å²) in [4.78, 5) is 15.1. The summed E-state index contributed by atoms with van der Waals surface area (Å²) >= 11 is 6.02. The van der Waals surface area contributed by atoms with Crippen LogP contribution < -0.4 is 4.72 Å². The normalized spacial score (nSPS) is 12.0. The fourth-order valence-corrected chi connectivity index (χ4v) is 5.50. The van der Waals surface area contributed by atoms with Crippen LogP contribution in [0.4, 0.5) is 4.39 Å². The van der Waals surface area contributed by atoms with E-state index in [1.807, 2.05) is 58.8 Å². The zero-order valence-corrected chi connectivity index (χ0v) is 23.7. The van der Waals surface area contributed by atoms with Gasteiger partial charge in [-0.25, -0.2) is 17.5 Å². The summed E-state index contributed by atoms with van der Waals surface area (Å²) in [7, 11) is -0.147. The van der Waals surface area contributed by atoms with Gasteiger partial charge in [-0.2, -0.15) is 0 Å². The average Bonchev–Trinajstić information content (AvgIpc) is 2.80. The summed E-state index contributed by atoms with van der Waals surface area (Å²) in [5, 5.41) is 0.0399. The number of benzene rings is 3. The SMILES string of the molecule is CC(C)c1cc(-c2ccc(F)c(Cl)c2)cc(C(C)C)c1CC(=O)NS(=O)(=O)c1ccc(CN(C)C)cc1. The van der Waals surface area contributed by atoms with Gasteiger partial charge >= 0.3 is 0 Å². The number of nitrogens with zero attached hydrogens (tertiary/aromatic N) is 1. The molecule has 0 spiro atoms. The molecule has 1 N–H and O–H groups in total. The molecule has 8 heteroatoms. The molecule has 0 unspecified atom stereocenters. The van der Waals surface area contributed by atoms with E-state index in [-0.39, 0.29) is 28.2 Å². The van der Waals surface area contributed by atoms with Gasteiger partial charge in [0.25, 0.3) is 10.0 Å². The lowest BCUT2D eigenvalue weighted by atomic mass is 9.84. The standard InChI is InChI=1S/C29H34ClFN2O3S/c1-18(2)24-13-22(21-9-12-28(31)27(30)15-21)14-25(19(3)4)26(24)16-29(34)32-37(35,36)23-10-7-20(8-11-23)17-33(5)6/h7-15,18-19H,16-17H2,1-6H3,(H,32,34). The highest BCUT2D eigenvalue weighted by molar-refractivity contribution is 7.90. The summed E-state index contributed by atoms with van der Waals surface area (Å²) < 4.78 is 41.8. The van der Waals surface area contributed by atoms with E-state index in [0.717, 1.165) is 33.4 Å². The molecule has 37 heavy (non-hydrogen) atoms. The summed E-state index contributed by atoms with van der Waals surface area (Å²) in [6, 6.07) is 15.0. The van der Waals surface area contributed by atoms with Crippen molar-refractivity contribution >= 4 is 27.5 Å². The molecule has 0 saturated carbocycles. The highest BCUT2D eigenvalue weighted by Crippen LogP contribution is 2.35. The van der Waals surface area contributed by atoms with Crippen LogP contribution in [0.25, 0.3) is 11.1 Å². The topological polar surface area (TPSA) is 66.5 Å². The first-order chi connectivity index (χ1) is 17.3. The lowest BCUT2D eigenvalue weighted by molar-refractivity contribution is -0.118. The quantitative estimate of drug-likeness (QED) is 0.334. The molecule has 0 aliphatic heterocycles. The molecule has 0 aliphatic carbocycles. The average molecular weight is 545 g/mol. The van der Waals surface area contributed by atoms with Crippen molar-refractivity contribution in [1.29, 1.82) is 0 Å². The lowest BCUT2D eigenvalue weighted by Crippen LogP contribution is -2.32. The maximum Gasteiger partial charge on any atom is 0.264 e. The third-order valence-corrected chi connectivity index (χ3v) is 7.81. The molecule has 3 aromatic rings. The number of carbonyl (C=O) groups is 1. The van der Waals surface area contributed by atoms with E-state index in [0.29, 0.717) is 6.54 Å². The summed E-state index contributed by atoms with van der Waals surface area (Å²) in [6.45, 7) is 8.77. The van der Waals surface area contributed by atoms with Crippen LogP contribution in [-0.2, 0) is 27.8 Å². The Kier molecular flexibility index (Phi) is 9.16. The molecule has 198 valence electrons. The highest BCUT2D eigenvalue weighted by atomic mass is 35.5. The van der Waals surface area contributed by atoms with Gasteiger partial charge in [0.15, 0.2) is 0 Å². The molecule has 0 aromatic heterocycles. The van der Waals surface area contributed by atoms with Crippen LogP contribution >= 0.6 is 11.6 Å². The van der Waals surface area contributed by atoms with Crippen molar-refractivity contribution in [3.05, 3.63) is 87.7 Å². The van der Waals surface area contributed by atoms with E-state index >= 15 is 0 Å². The minimum atomic E-state index is -4.01. The van der Waals surface area contributed by atoms with E-state index in [9.17, 15) is 17.6 Å². The van der Waals surface area contributed by atoms with E-state index in [2.05, 4.69) is 4.72 Å². The Hall–Kier alpha value is -2.74. The Morgan fingerprint density at radius 2 is 1.49 bits per heavy atom. The third-order valence-electron chi connectivity index (χ3n) is 6.13. The Labute approximate surface area is 224 Å². The molecular formula is C29H34ClFN2O3S. The Balaban J connectivity index is 1.93. The van der Waals surface area contributed by atoms with Gasteiger partial charge in [0.05, 0.1) is 16.3 Å². The predicted octanol–water partition coefficient (Wildman–Crippen LogP) is 6.50. The summed E-state index contributed by atoms with van der Waals surface area (Å²) in [5.74, 6) is -0.951. The molecule has 0 heterocycles. The van der Waals surface area contributed by atoms with Gasteiger partial charge < -0.3 is 4.90 Å². The number of rotatable bonds is 9. The Morgan fingerprint density at radius 3 is 1.97 bits per heavy atom. The van der Waals surface area contributed by atoms with Gasteiger partial charge in [0.1, 0.15) is 5.82 Å². The Morgan fingerprint density at radius 1 is 0.919 bits per heavy atom. The third kappa shape index (κ3) is 7.18. The first-order valence-corrected chi connectivity index (χ1v) is 14.1. The first-order valence-electron chi connectivity index (χ1n) is 12.2. The largest absolute Gasteiger partial charge is 0.305 e. The molecule has 0 fully saturated rings. The molecule has 0 bridgehead atoms. The van der Waals surface area contributed by atoms with Gasteiger partial charge in [-0.1, -0.05) is 69.6 Å². The molecule has 0 saturated heterocycles. The van der Waals surface area contributed by atoms with Gasteiger partial charge in [-0.05, 0) is 83.6 Å². The van der Waals surface area contributed by atoms with E-state index < -0.39 is 21.7 Å². The van der Waals surface area contributed by atoms with Gasteiger partial charge in [0.2, 0.25) is 5.91 Å². The van der Waals surface area contributed by atoms with E-state index in [1.165, 1.54) is 18.2 Å². The van der Waals surface area contributed by atoms with E-state index in [1.54, 1.807) is 24.3 Å². The van der Waals surface area contributed by atoms with Crippen LogP contribution in [0.1, 0.15) is 61.8 Å². The van der Waals surface area contributed by atoms with Crippen molar-refractivity contribution < 1.29 is 17.6 Å². The molecule has 1 amide bonds. The smallest absolute Gasteiger partial charge is 0.264 e. The molecule has 3 aromatic carbocycles. The van der Waals surface area contributed by atoms with Crippen LogP contribution in [0.15, 0.2) is 59.5 Å². The van der Waals surface area contributed by atoms with Crippen LogP contribution in [0, 0.1) is 5.82 Å². The molecule has 3 rings (SSSR count). The van der Waals surface area contributed by atoms with Crippen LogP contribution in [0.2, 0.25) is 5.02 Å². The lowest BCUT2D eigenvalue weighted by Gasteiger charge is -2.22. The number of amides is 1. The molecule has 0 aliphatic rings. The number of hydrogen-bond donors (Lipinski definition) is 1. The summed E-state index contributed by atoms with van der Waals surface area (Å²) in [6.07, 6.45) is -0.0799. The van der Waals surface area contributed by atoms with Crippen molar-refractivity contribution in [2.45, 2.75) is 57.4 Å². The molecular weight excluding hydrogens is 511 g/mol. The minimum Gasteiger partial charge on any atom is -0.305 e. The second-order valence-electron chi connectivity index (χ2n) is 10.2. The molecule has 0 atom stereocenters. The fourth-order valence-electron chi connectivity index (χ4n) is 4.34. The molecule has 0 radical (unpaired) electrons. The van der Waals surface area contributed by atoms with Crippen LogP contribution in [0.3, 0.4) is 0 Å². The van der Waals surface area contributed by atoms with Gasteiger partial charge in [-0.15, -0.1) is 0 Å². The number of nitrogens with one attached hydrogen (secondary N) is 1. The van der Waals surface area contributed by atoms with Crippen molar-refractivity contribution in [1.82, 2.24) is 9.62 Å². The van der Waals surface area contributed by atoms with Crippen molar-refractivity contribution in [3.8, 4) is 11.1 Å². The fraction of sp³-hybridized carbons (Fsp3) is 0.345. The number of hydrogen-bond acceptors (Lipinski definition) is 4. The number of halogens is 2. The van der Waals surface area contributed by atoms with Gasteiger partial charge in [-0.3, -0.25) is 4.79 Å². The second kappa shape index (κ2) is 11.8. The van der Waals surface area contributed by atoms with Crippen molar-refractivity contribution in [2.75, 3.05) is 14.1 Å². The number of sulfonamides is 1. The van der Waals surface area contributed by atoms with Gasteiger partial charge in [0, 0.05) is 6.54 Å². The maximum atomic E-state index is 13.7. The van der Waals surface area contributed by atoms with Crippen LogP contribution in [0.5, 0.6) is 0 Å². The minimum absolute atomic E-state index is 0.0399. The Bertz CT molecular complexity index is 1360. The number of carbonyl (C=O) groups excluding carboxylic acids is 1. The summed E-state index contributed by atoms with van der Waals surface area (Å²) in [5.41, 5.74) is 5.27. The maximum absolute atomic E-state index is 13.7. The zero-order valence-electron chi connectivity index (χ0n) is 22.1. The molecule has 5 nitrogen and oxygen atoms in total. The van der Waals surface area contributed by atoms with E-state index in [4.69, 9.17) is 11.6 Å². The second-order valence-corrected chi connectivity index (χ2v) is 12.2. The highest BCUT2D eigenvalue weighted by Gasteiger charge is 2.23. The van der Waals surface area contributed by atoms with Crippen molar-refractivity contribution in [2.24, 2.45) is 0 Å². The van der Waals surface area contributed by atoms with Crippen molar-refractivity contribution in [3.63, 3.8) is 0 Å². The monoisotopic (exact) mass is 544 g/mol. The van der Waals surface area contributed by atoms with Crippen LogP contribution in [-0.4, -0.2) is 33.3 Å². The zero-order chi connectivity index (χ0) is 27.5. The first kappa shape index (κ1) is 28.8. The predicted molar refractivity (Wildman–Crippen MR) is 148 cm³/mol.